The molecule has 3 saturated carbocycles. The second-order valence-electron chi connectivity index (χ2n) is 11.5. The molecule has 0 spiro atoms. The smallest absolute Gasteiger partial charge is 0.307 e. The van der Waals surface area contributed by atoms with E-state index in [1.165, 1.54) is 12.2 Å². The van der Waals surface area contributed by atoms with Crippen molar-refractivity contribution in [3.63, 3.8) is 0 Å². The predicted octanol–water partition coefficient (Wildman–Crippen LogP) is 4.04. The van der Waals surface area contributed by atoms with Gasteiger partial charge in [0.2, 0.25) is 0 Å². The lowest BCUT2D eigenvalue weighted by molar-refractivity contribution is -0.227. The number of fused-ring (bicyclic) bond motifs is 5. The van der Waals surface area contributed by atoms with E-state index in [0.717, 1.165) is 0 Å². The quantitative estimate of drug-likeness (QED) is 0.385. The molecule has 3 fully saturated rings. The molecule has 4 aliphatic carbocycles. The molecular weight excluding hydrogens is 503 g/mol. The molecule has 0 bridgehead atoms. The van der Waals surface area contributed by atoms with Crippen LogP contribution in [0.1, 0.15) is 66.2 Å². The third-order valence-electron chi connectivity index (χ3n) is 9.83. The summed E-state index contributed by atoms with van der Waals surface area (Å²) in [5.41, 5.74) is -5.30. The van der Waals surface area contributed by atoms with Gasteiger partial charge in [0.05, 0.1) is 31.4 Å². The lowest BCUT2D eigenvalue weighted by Crippen LogP contribution is -2.70. The number of carbonyl (C=O) groups excluding carboxylic acids is 4. The van der Waals surface area contributed by atoms with Gasteiger partial charge in [-0.1, -0.05) is 25.5 Å². The molecule has 7 nitrogen and oxygen atoms in total. The van der Waals surface area contributed by atoms with Gasteiger partial charge in [0, 0.05) is 22.7 Å². The largest absolute Gasteiger partial charge is 0.466 e. The second-order valence-corrected chi connectivity index (χ2v) is 11.7. The van der Waals surface area contributed by atoms with E-state index in [-0.39, 0.29) is 37.6 Å². The molecule has 9 heteroatoms. The van der Waals surface area contributed by atoms with Gasteiger partial charge < -0.3 is 14.6 Å². The average Bonchev–Trinajstić information content (AvgIpc) is 3.06. The Balaban J connectivity index is 1.72. The Labute approximate surface area is 221 Å². The Morgan fingerprint density at radius 3 is 2.51 bits per heavy atom. The zero-order chi connectivity index (χ0) is 27.4. The lowest BCUT2D eigenvalue weighted by Gasteiger charge is -2.62. The molecule has 0 aromatic rings. The zero-order valence-corrected chi connectivity index (χ0v) is 22.6. The molecule has 0 saturated heterocycles. The topological polar surface area (TPSA) is 107 Å². The van der Waals surface area contributed by atoms with E-state index in [1.54, 1.807) is 33.8 Å². The Kier molecular flexibility index (Phi) is 7.25. The van der Waals surface area contributed by atoms with Gasteiger partial charge in [-0.25, -0.2) is 4.39 Å². The van der Waals surface area contributed by atoms with Crippen LogP contribution in [0.2, 0.25) is 0 Å². The molecule has 204 valence electrons. The monoisotopic (exact) mass is 538 g/mol. The number of hydrogen-bond donors (Lipinski definition) is 1. The number of allylic oxidation sites excluding steroid dienone is 4. The van der Waals surface area contributed by atoms with Crippen LogP contribution in [0.3, 0.4) is 0 Å². The molecule has 0 amide bonds. The van der Waals surface area contributed by atoms with E-state index in [4.69, 9.17) is 21.1 Å². The number of hydrogen-bond acceptors (Lipinski definition) is 7. The van der Waals surface area contributed by atoms with Gasteiger partial charge >= 0.3 is 11.9 Å². The van der Waals surface area contributed by atoms with Crippen LogP contribution in [0, 0.1) is 28.6 Å². The number of ketones is 2. The van der Waals surface area contributed by atoms with Crippen molar-refractivity contribution in [2.24, 2.45) is 28.6 Å². The van der Waals surface area contributed by atoms with E-state index < -0.39 is 63.6 Å². The number of alkyl halides is 2. The number of halogens is 2. The molecule has 8 atom stereocenters. The third-order valence-corrected chi connectivity index (χ3v) is 10.1. The number of aliphatic hydroxyl groups is 1. The van der Waals surface area contributed by atoms with Crippen LogP contribution in [-0.2, 0) is 28.7 Å². The molecular formula is C28H36ClFO7. The second kappa shape index (κ2) is 9.60. The molecule has 0 aromatic heterocycles. The fourth-order valence-corrected chi connectivity index (χ4v) is 8.36. The van der Waals surface area contributed by atoms with Crippen LogP contribution in [-0.4, -0.2) is 58.5 Å². The number of ether oxygens (including phenoxy) is 2. The number of rotatable bonds is 7. The molecule has 0 radical (unpaired) electrons. The highest BCUT2D eigenvalue weighted by Crippen LogP contribution is 2.71. The Hall–Kier alpha value is -2.06. The minimum absolute atomic E-state index is 0.118. The zero-order valence-electron chi connectivity index (χ0n) is 21.9. The Morgan fingerprint density at radius 1 is 1.19 bits per heavy atom. The molecule has 37 heavy (non-hydrogen) atoms. The van der Waals surface area contributed by atoms with Crippen LogP contribution in [0.5, 0.6) is 0 Å². The molecule has 0 heterocycles. The van der Waals surface area contributed by atoms with E-state index in [9.17, 15) is 24.3 Å². The number of aliphatic hydroxyl groups excluding tert-OH is 1. The normalized spacial score (nSPS) is 42.2. The number of esters is 2. The summed E-state index contributed by atoms with van der Waals surface area (Å²) in [7, 11) is 0. The van der Waals surface area contributed by atoms with Gasteiger partial charge in [0.25, 0.3) is 0 Å². The van der Waals surface area contributed by atoms with Gasteiger partial charge in [-0.05, 0) is 57.6 Å². The molecule has 2 unspecified atom stereocenters. The first kappa shape index (κ1) is 28.0. The Morgan fingerprint density at radius 2 is 1.86 bits per heavy atom. The number of Topliss-reactive ketones (excluding diaryl/α,β-unsaturated/α-hetero) is 1. The van der Waals surface area contributed by atoms with Crippen LogP contribution >= 0.6 is 11.6 Å². The van der Waals surface area contributed by atoms with Crippen LogP contribution in [0.15, 0.2) is 23.8 Å². The third kappa shape index (κ3) is 3.84. The predicted molar refractivity (Wildman–Crippen MR) is 133 cm³/mol. The van der Waals surface area contributed by atoms with E-state index >= 15 is 4.39 Å². The highest BCUT2D eigenvalue weighted by Gasteiger charge is 2.77. The van der Waals surface area contributed by atoms with Crippen molar-refractivity contribution in [3.05, 3.63) is 23.8 Å². The van der Waals surface area contributed by atoms with Crippen molar-refractivity contribution in [3.8, 4) is 0 Å². The first-order chi connectivity index (χ1) is 17.3. The van der Waals surface area contributed by atoms with Gasteiger partial charge in [0.1, 0.15) is 0 Å². The van der Waals surface area contributed by atoms with Gasteiger partial charge in [-0.2, -0.15) is 0 Å². The van der Waals surface area contributed by atoms with Crippen molar-refractivity contribution in [2.75, 3.05) is 12.5 Å². The first-order valence-corrected chi connectivity index (χ1v) is 13.6. The summed E-state index contributed by atoms with van der Waals surface area (Å²) in [6, 6.07) is 0. The maximum absolute atomic E-state index is 17.3. The fourth-order valence-electron chi connectivity index (χ4n) is 8.17. The van der Waals surface area contributed by atoms with Crippen LogP contribution in [0.4, 0.5) is 4.39 Å². The van der Waals surface area contributed by atoms with Gasteiger partial charge in [0.15, 0.2) is 22.8 Å². The average molecular weight is 539 g/mol. The standard InChI is InChI=1S/C28H36ClFO7/c1-5-36-23(34)8-9-24(35)37-28(22(33)15-29)16(2)12-20-19-7-6-17-13-18(31)10-11-25(17,3)27(19,30)21(32)14-26(20,28)4/h10-11,13,16,19-21,32H,5-9,12,14-15H2,1-4H3/t16?,19-,20-,21?,25-,26-,27-,28-/m0/s1. The Bertz CT molecular complexity index is 1070. The molecule has 4 aliphatic rings. The maximum Gasteiger partial charge on any atom is 0.307 e. The fraction of sp³-hybridized carbons (Fsp3) is 0.714. The van der Waals surface area contributed by atoms with Crippen molar-refractivity contribution in [2.45, 2.75) is 83.6 Å². The van der Waals surface area contributed by atoms with Crippen molar-refractivity contribution >= 4 is 35.1 Å². The summed E-state index contributed by atoms with van der Waals surface area (Å²) in [4.78, 5) is 50.3. The lowest BCUT2D eigenvalue weighted by atomic mass is 9.44. The maximum atomic E-state index is 17.3. The minimum Gasteiger partial charge on any atom is -0.466 e. The van der Waals surface area contributed by atoms with Crippen LogP contribution in [0.25, 0.3) is 0 Å². The molecule has 1 N–H and O–H groups in total. The van der Waals surface area contributed by atoms with E-state index in [2.05, 4.69) is 0 Å². The van der Waals surface area contributed by atoms with Gasteiger partial charge in [-0.15, -0.1) is 11.6 Å². The highest BCUT2D eigenvalue weighted by atomic mass is 35.5. The van der Waals surface area contributed by atoms with E-state index in [1.807, 2.05) is 0 Å². The summed E-state index contributed by atoms with van der Waals surface area (Å²) >= 11 is 6.06. The summed E-state index contributed by atoms with van der Waals surface area (Å²) in [5.74, 6) is -3.87. The van der Waals surface area contributed by atoms with Crippen molar-refractivity contribution < 1.29 is 38.1 Å². The molecule has 0 aliphatic heterocycles. The first-order valence-electron chi connectivity index (χ1n) is 13.1. The van der Waals surface area contributed by atoms with E-state index in [0.29, 0.717) is 24.8 Å². The number of carbonyl (C=O) groups is 4. The summed E-state index contributed by atoms with van der Waals surface area (Å²) in [6.45, 7) is 7.17. The molecule has 0 aromatic carbocycles. The summed E-state index contributed by atoms with van der Waals surface area (Å²) < 4.78 is 28.2. The highest BCUT2D eigenvalue weighted by molar-refractivity contribution is 6.29. The SMILES string of the molecule is CCOC(=O)CCC(=O)O[C@]1(C(=O)CCl)C(C)C[C@H]2[C@@H]3CCC4=CC(=O)C=C[C@]4(C)[C@@]3(F)C(O)C[C@@]21C. The minimum atomic E-state index is -2.06. The summed E-state index contributed by atoms with van der Waals surface area (Å²) in [5, 5.41) is 11.5. The van der Waals surface area contributed by atoms with Crippen molar-refractivity contribution in [1.82, 2.24) is 0 Å². The molecule has 4 rings (SSSR count). The van der Waals surface area contributed by atoms with Gasteiger partial charge in [-0.3, -0.25) is 19.2 Å². The summed E-state index contributed by atoms with van der Waals surface area (Å²) in [6.07, 6.45) is 3.65. The van der Waals surface area contributed by atoms with Crippen molar-refractivity contribution in [1.29, 1.82) is 0 Å². The van der Waals surface area contributed by atoms with Crippen LogP contribution < -0.4 is 0 Å².